The molecule has 0 saturated carbocycles. The first-order valence-electron chi connectivity index (χ1n) is 7.42. The second-order valence-electron chi connectivity index (χ2n) is 4.90. The van der Waals surface area contributed by atoms with E-state index in [1.165, 1.54) is 4.31 Å². The highest BCUT2D eigenvalue weighted by Gasteiger charge is 2.19. The van der Waals surface area contributed by atoms with Crippen LogP contribution >= 0.6 is 0 Å². The minimum Gasteiger partial charge on any atom is -0.492 e. The van der Waals surface area contributed by atoms with E-state index >= 15 is 0 Å². The lowest BCUT2D eigenvalue weighted by Crippen LogP contribution is -2.27. The molecule has 1 aromatic rings. The van der Waals surface area contributed by atoms with Crippen molar-refractivity contribution < 1.29 is 13.2 Å². The number of ether oxygens (including phenoxy) is 1. The van der Waals surface area contributed by atoms with Gasteiger partial charge in [0.05, 0.1) is 4.90 Å². The van der Waals surface area contributed by atoms with E-state index in [-0.39, 0.29) is 0 Å². The largest absolute Gasteiger partial charge is 0.492 e. The van der Waals surface area contributed by atoms with Crippen LogP contribution in [0.2, 0.25) is 0 Å². The Morgan fingerprint density at radius 2 is 1.76 bits per heavy atom. The fourth-order valence-corrected chi connectivity index (χ4v) is 3.13. The molecule has 1 aromatic carbocycles. The van der Waals surface area contributed by atoms with Crippen LogP contribution in [0.25, 0.3) is 0 Å². The van der Waals surface area contributed by atoms with Gasteiger partial charge in [-0.3, -0.25) is 0 Å². The van der Waals surface area contributed by atoms with E-state index in [4.69, 9.17) is 4.74 Å². The first-order chi connectivity index (χ1) is 10.0. The van der Waals surface area contributed by atoms with E-state index in [2.05, 4.69) is 12.2 Å². The van der Waals surface area contributed by atoms with Gasteiger partial charge in [0.25, 0.3) is 0 Å². The Balaban J connectivity index is 2.57. The molecule has 5 nitrogen and oxygen atoms in total. The molecule has 0 aliphatic carbocycles. The SMILES string of the molecule is CCCNCCOc1ccc(S(=O)(=O)N(C)CCC)cc1. The average molecular weight is 314 g/mol. The third kappa shape index (κ3) is 5.65. The van der Waals surface area contributed by atoms with Crippen molar-refractivity contribution in [3.63, 3.8) is 0 Å². The van der Waals surface area contributed by atoms with Crippen LogP contribution in [-0.4, -0.2) is 46.0 Å². The van der Waals surface area contributed by atoms with E-state index in [0.717, 1.165) is 25.9 Å². The maximum atomic E-state index is 12.2. The highest BCUT2D eigenvalue weighted by Crippen LogP contribution is 2.18. The predicted octanol–water partition coefficient (Wildman–Crippen LogP) is 2.10. The summed E-state index contributed by atoms with van der Waals surface area (Å²) >= 11 is 0. The number of hydrogen-bond acceptors (Lipinski definition) is 4. The van der Waals surface area contributed by atoms with Crippen molar-refractivity contribution in [1.82, 2.24) is 9.62 Å². The number of hydrogen-bond donors (Lipinski definition) is 1. The first kappa shape index (κ1) is 17.9. The van der Waals surface area contributed by atoms with Crippen LogP contribution < -0.4 is 10.1 Å². The smallest absolute Gasteiger partial charge is 0.242 e. The Morgan fingerprint density at radius 1 is 1.10 bits per heavy atom. The Labute approximate surface area is 128 Å². The summed E-state index contributed by atoms with van der Waals surface area (Å²) in [5.74, 6) is 0.686. The second kappa shape index (κ2) is 9.02. The summed E-state index contributed by atoms with van der Waals surface area (Å²) in [4.78, 5) is 0.301. The number of rotatable bonds is 10. The van der Waals surface area contributed by atoms with Crippen molar-refractivity contribution in [2.45, 2.75) is 31.6 Å². The quantitative estimate of drug-likeness (QED) is 0.672. The zero-order valence-electron chi connectivity index (χ0n) is 13.1. The molecule has 0 bridgehead atoms. The summed E-state index contributed by atoms with van der Waals surface area (Å²) in [5, 5.41) is 3.24. The molecule has 21 heavy (non-hydrogen) atoms. The van der Waals surface area contributed by atoms with Gasteiger partial charge in [-0.25, -0.2) is 12.7 Å². The number of nitrogens with one attached hydrogen (secondary N) is 1. The summed E-state index contributed by atoms with van der Waals surface area (Å²) in [5.41, 5.74) is 0. The molecule has 0 fully saturated rings. The van der Waals surface area contributed by atoms with Crippen molar-refractivity contribution in [1.29, 1.82) is 0 Å². The molecule has 0 aromatic heterocycles. The van der Waals surface area contributed by atoms with Gasteiger partial charge in [0.2, 0.25) is 10.0 Å². The van der Waals surface area contributed by atoms with Crippen LogP contribution in [-0.2, 0) is 10.0 Å². The highest BCUT2D eigenvalue weighted by molar-refractivity contribution is 7.89. The highest BCUT2D eigenvalue weighted by atomic mass is 32.2. The molecule has 6 heteroatoms. The predicted molar refractivity (Wildman–Crippen MR) is 85.2 cm³/mol. The summed E-state index contributed by atoms with van der Waals surface area (Å²) in [7, 11) is -1.79. The summed E-state index contributed by atoms with van der Waals surface area (Å²) in [6.45, 7) is 6.92. The van der Waals surface area contributed by atoms with Gasteiger partial charge in [0, 0.05) is 20.1 Å². The van der Waals surface area contributed by atoms with Crippen LogP contribution in [0.4, 0.5) is 0 Å². The minimum atomic E-state index is -3.38. The third-order valence-electron chi connectivity index (χ3n) is 3.04. The van der Waals surface area contributed by atoms with Gasteiger partial charge in [-0.2, -0.15) is 0 Å². The Kier molecular flexibility index (Phi) is 7.71. The minimum absolute atomic E-state index is 0.301. The monoisotopic (exact) mass is 314 g/mol. The van der Waals surface area contributed by atoms with E-state index in [9.17, 15) is 8.42 Å². The molecular weight excluding hydrogens is 288 g/mol. The van der Waals surface area contributed by atoms with Crippen molar-refractivity contribution >= 4 is 10.0 Å². The maximum absolute atomic E-state index is 12.2. The lowest BCUT2D eigenvalue weighted by atomic mass is 10.3. The standard InChI is InChI=1S/C15H26N2O3S/c1-4-10-16-11-13-20-14-6-8-15(9-7-14)21(18,19)17(3)12-5-2/h6-9,16H,4-5,10-13H2,1-3H3. The third-order valence-corrected chi connectivity index (χ3v) is 4.92. The van der Waals surface area contributed by atoms with Crippen molar-refractivity contribution in [3.05, 3.63) is 24.3 Å². The van der Waals surface area contributed by atoms with Gasteiger partial charge in [-0.1, -0.05) is 13.8 Å². The summed E-state index contributed by atoms with van der Waals surface area (Å²) < 4.78 is 31.4. The molecule has 0 saturated heterocycles. The van der Waals surface area contributed by atoms with Gasteiger partial charge < -0.3 is 10.1 Å². The summed E-state index contributed by atoms with van der Waals surface area (Å²) in [6, 6.07) is 6.59. The fraction of sp³-hybridized carbons (Fsp3) is 0.600. The molecule has 0 unspecified atom stereocenters. The zero-order valence-corrected chi connectivity index (χ0v) is 13.9. The van der Waals surface area contributed by atoms with Crippen molar-refractivity contribution in [2.24, 2.45) is 0 Å². The van der Waals surface area contributed by atoms with E-state index in [0.29, 0.717) is 23.8 Å². The van der Waals surface area contributed by atoms with Gasteiger partial charge in [0.15, 0.2) is 0 Å². The van der Waals surface area contributed by atoms with E-state index in [1.807, 2.05) is 6.92 Å². The zero-order chi connectivity index (χ0) is 15.7. The van der Waals surface area contributed by atoms with Crippen LogP contribution in [0.3, 0.4) is 0 Å². The molecule has 1 rings (SSSR count). The van der Waals surface area contributed by atoms with Crippen LogP contribution in [0.15, 0.2) is 29.2 Å². The normalized spacial score (nSPS) is 11.8. The Morgan fingerprint density at radius 3 is 2.33 bits per heavy atom. The first-order valence-corrected chi connectivity index (χ1v) is 8.86. The molecule has 0 aliphatic rings. The van der Waals surface area contributed by atoms with Crippen LogP contribution in [0.5, 0.6) is 5.75 Å². The van der Waals surface area contributed by atoms with E-state index in [1.54, 1.807) is 31.3 Å². The Bertz CT molecular complexity index is 500. The molecule has 120 valence electrons. The molecular formula is C15H26N2O3S. The second-order valence-corrected chi connectivity index (χ2v) is 6.94. The summed E-state index contributed by atoms with van der Waals surface area (Å²) in [6.07, 6.45) is 1.89. The molecule has 0 radical (unpaired) electrons. The lowest BCUT2D eigenvalue weighted by molar-refractivity contribution is 0.314. The van der Waals surface area contributed by atoms with E-state index < -0.39 is 10.0 Å². The van der Waals surface area contributed by atoms with Gasteiger partial charge >= 0.3 is 0 Å². The van der Waals surface area contributed by atoms with Gasteiger partial charge in [-0.15, -0.1) is 0 Å². The average Bonchev–Trinajstić information content (AvgIpc) is 2.48. The molecule has 0 atom stereocenters. The number of sulfonamides is 1. The molecule has 0 amide bonds. The molecule has 1 N–H and O–H groups in total. The van der Waals surface area contributed by atoms with Gasteiger partial charge in [0.1, 0.15) is 12.4 Å². The molecule has 0 heterocycles. The fourth-order valence-electron chi connectivity index (χ4n) is 1.87. The number of nitrogens with zero attached hydrogens (tertiary/aromatic N) is 1. The maximum Gasteiger partial charge on any atom is 0.242 e. The topological polar surface area (TPSA) is 58.6 Å². The van der Waals surface area contributed by atoms with Crippen LogP contribution in [0.1, 0.15) is 26.7 Å². The van der Waals surface area contributed by atoms with Crippen LogP contribution in [0, 0.1) is 0 Å². The van der Waals surface area contributed by atoms with Crippen molar-refractivity contribution in [3.8, 4) is 5.75 Å². The lowest BCUT2D eigenvalue weighted by Gasteiger charge is -2.16. The van der Waals surface area contributed by atoms with Gasteiger partial charge in [-0.05, 0) is 43.7 Å². The Hall–Kier alpha value is -1.11. The van der Waals surface area contributed by atoms with Crippen molar-refractivity contribution in [2.75, 3.05) is 33.3 Å². The number of benzene rings is 1. The molecule has 0 spiro atoms. The molecule has 0 aliphatic heterocycles.